The lowest BCUT2D eigenvalue weighted by molar-refractivity contribution is 0.0770. The lowest BCUT2D eigenvalue weighted by atomic mass is 10.2. The number of halogens is 1. The van der Waals surface area contributed by atoms with E-state index in [0.717, 1.165) is 12.8 Å². The number of hydrogen-bond acceptors (Lipinski definition) is 5. The molecule has 0 radical (unpaired) electrons. The highest BCUT2D eigenvalue weighted by molar-refractivity contribution is 8.13. The summed E-state index contributed by atoms with van der Waals surface area (Å²) in [4.78, 5) is 13.6. The molecule has 1 fully saturated rings. The van der Waals surface area contributed by atoms with Crippen molar-refractivity contribution in [1.29, 1.82) is 0 Å². The first kappa shape index (κ1) is 16.3. The summed E-state index contributed by atoms with van der Waals surface area (Å²) in [6.07, 6.45) is 2.40. The summed E-state index contributed by atoms with van der Waals surface area (Å²) in [5.74, 6) is -0.366. The Morgan fingerprint density at radius 3 is 2.71 bits per heavy atom. The van der Waals surface area contributed by atoms with Crippen molar-refractivity contribution in [2.24, 2.45) is 0 Å². The fraction of sp³-hybridized carbons (Fsp3) is 0.667. The molecule has 1 saturated carbocycles. The van der Waals surface area contributed by atoms with E-state index in [9.17, 15) is 13.2 Å². The molecule has 1 N–H and O–H groups in total. The summed E-state index contributed by atoms with van der Waals surface area (Å²) in [5.41, 5.74) is 0.311. The molecule has 21 heavy (non-hydrogen) atoms. The first-order chi connectivity index (χ1) is 9.86. The van der Waals surface area contributed by atoms with Crippen LogP contribution in [0.5, 0.6) is 0 Å². The van der Waals surface area contributed by atoms with Gasteiger partial charge in [0, 0.05) is 43.9 Å². The number of amides is 1. The standard InChI is InChI=1S/C12H18ClN3O4S/c1-16(6-3-7-20-2)12(17)10-11(21(13,18)19)9(14-15-10)8-4-5-8/h8H,3-7H2,1-2H3,(H,14,15). The summed E-state index contributed by atoms with van der Waals surface area (Å²) >= 11 is 0. The molecule has 2 rings (SSSR count). The van der Waals surface area contributed by atoms with Crippen LogP contribution in [0.15, 0.2) is 4.90 Å². The molecule has 118 valence electrons. The van der Waals surface area contributed by atoms with Crippen LogP contribution in [0, 0.1) is 0 Å². The van der Waals surface area contributed by atoms with Crippen molar-refractivity contribution in [3.05, 3.63) is 11.4 Å². The Balaban J connectivity index is 2.25. The maximum atomic E-state index is 12.3. The van der Waals surface area contributed by atoms with E-state index in [1.807, 2.05) is 0 Å². The van der Waals surface area contributed by atoms with Crippen LogP contribution in [0.3, 0.4) is 0 Å². The van der Waals surface area contributed by atoms with Gasteiger partial charge < -0.3 is 9.64 Å². The molecule has 7 nitrogen and oxygen atoms in total. The lowest BCUT2D eigenvalue weighted by Crippen LogP contribution is -2.29. The smallest absolute Gasteiger partial charge is 0.275 e. The predicted octanol–water partition coefficient (Wildman–Crippen LogP) is 1.32. The maximum Gasteiger partial charge on any atom is 0.275 e. The van der Waals surface area contributed by atoms with Gasteiger partial charge in [0.2, 0.25) is 0 Å². The minimum Gasteiger partial charge on any atom is -0.385 e. The number of methoxy groups -OCH3 is 1. The number of aromatic nitrogens is 2. The molecule has 0 atom stereocenters. The second-order valence-corrected chi connectivity index (χ2v) is 7.60. The molecule has 1 amide bonds. The molecule has 0 spiro atoms. The molecule has 1 aliphatic carbocycles. The average molecular weight is 336 g/mol. The SMILES string of the molecule is COCCCN(C)C(=O)c1n[nH]c(C2CC2)c1S(=O)(=O)Cl. The Morgan fingerprint density at radius 1 is 1.52 bits per heavy atom. The van der Waals surface area contributed by atoms with Crippen LogP contribution in [-0.2, 0) is 13.8 Å². The zero-order valence-corrected chi connectivity index (χ0v) is 13.5. The predicted molar refractivity (Wildman–Crippen MR) is 77.1 cm³/mol. The van der Waals surface area contributed by atoms with Crippen molar-refractivity contribution < 1.29 is 17.9 Å². The highest BCUT2D eigenvalue weighted by Crippen LogP contribution is 2.43. The third-order valence-corrected chi connectivity index (χ3v) is 4.73. The van der Waals surface area contributed by atoms with Crippen molar-refractivity contribution >= 4 is 25.6 Å². The van der Waals surface area contributed by atoms with Crippen LogP contribution < -0.4 is 0 Å². The number of hydrogen-bond donors (Lipinski definition) is 1. The number of ether oxygens (including phenoxy) is 1. The number of H-pyrrole nitrogens is 1. The van der Waals surface area contributed by atoms with Gasteiger partial charge in [-0.3, -0.25) is 9.89 Å². The van der Waals surface area contributed by atoms with Gasteiger partial charge in [-0.1, -0.05) is 0 Å². The molecule has 0 saturated heterocycles. The second kappa shape index (κ2) is 6.33. The van der Waals surface area contributed by atoms with Gasteiger partial charge in [0.1, 0.15) is 4.90 Å². The Morgan fingerprint density at radius 2 is 2.19 bits per heavy atom. The molecule has 0 bridgehead atoms. The summed E-state index contributed by atoms with van der Waals surface area (Å²) in [6, 6.07) is 0. The van der Waals surface area contributed by atoms with E-state index in [0.29, 0.717) is 25.3 Å². The Labute approximate surface area is 128 Å². The third-order valence-electron chi connectivity index (χ3n) is 3.37. The normalized spacial score (nSPS) is 15.2. The summed E-state index contributed by atoms with van der Waals surface area (Å²) < 4.78 is 28.5. The minimum atomic E-state index is -4.02. The molecule has 1 aromatic heterocycles. The molecule has 0 unspecified atom stereocenters. The van der Waals surface area contributed by atoms with Gasteiger partial charge >= 0.3 is 0 Å². The van der Waals surface area contributed by atoms with E-state index >= 15 is 0 Å². The van der Waals surface area contributed by atoms with Gasteiger partial charge in [-0.2, -0.15) is 5.10 Å². The number of rotatable bonds is 7. The topological polar surface area (TPSA) is 92.4 Å². The number of nitrogens with zero attached hydrogens (tertiary/aromatic N) is 2. The molecule has 1 aromatic rings. The van der Waals surface area contributed by atoms with E-state index in [-0.39, 0.29) is 16.5 Å². The quantitative estimate of drug-likeness (QED) is 0.599. The Bertz CT molecular complexity index is 624. The van der Waals surface area contributed by atoms with Crippen molar-refractivity contribution in [3.63, 3.8) is 0 Å². The van der Waals surface area contributed by atoms with Crippen molar-refractivity contribution in [1.82, 2.24) is 15.1 Å². The highest BCUT2D eigenvalue weighted by Gasteiger charge is 2.37. The van der Waals surface area contributed by atoms with Crippen LogP contribution in [0.25, 0.3) is 0 Å². The average Bonchev–Trinajstić information content (AvgIpc) is 3.15. The van der Waals surface area contributed by atoms with E-state index in [4.69, 9.17) is 15.4 Å². The van der Waals surface area contributed by atoms with Crippen molar-refractivity contribution in [3.8, 4) is 0 Å². The fourth-order valence-electron chi connectivity index (χ4n) is 2.11. The van der Waals surface area contributed by atoms with Crippen LogP contribution in [0.2, 0.25) is 0 Å². The molecule has 9 heteroatoms. The fourth-order valence-corrected chi connectivity index (χ4v) is 3.42. The number of nitrogens with one attached hydrogen (secondary N) is 1. The largest absolute Gasteiger partial charge is 0.385 e. The van der Waals surface area contributed by atoms with Gasteiger partial charge in [-0.15, -0.1) is 0 Å². The van der Waals surface area contributed by atoms with Crippen LogP contribution in [0.4, 0.5) is 0 Å². The second-order valence-electron chi connectivity index (χ2n) is 5.10. The van der Waals surface area contributed by atoms with Gasteiger partial charge in [0.05, 0.1) is 5.69 Å². The van der Waals surface area contributed by atoms with E-state index in [1.165, 1.54) is 4.90 Å². The first-order valence-corrected chi connectivity index (χ1v) is 8.94. The molecule has 0 aromatic carbocycles. The maximum absolute atomic E-state index is 12.3. The summed E-state index contributed by atoms with van der Waals surface area (Å²) in [6.45, 7) is 0.965. The molecule has 0 aliphatic heterocycles. The monoisotopic (exact) mass is 335 g/mol. The first-order valence-electron chi connectivity index (χ1n) is 6.63. The van der Waals surface area contributed by atoms with Crippen molar-refractivity contribution in [2.45, 2.75) is 30.1 Å². The summed E-state index contributed by atoms with van der Waals surface area (Å²) in [7, 11) is 4.63. The van der Waals surface area contributed by atoms with Crippen LogP contribution >= 0.6 is 10.7 Å². The zero-order valence-electron chi connectivity index (χ0n) is 11.9. The molecular formula is C12H18ClN3O4S. The number of carbonyl (C=O) groups excluding carboxylic acids is 1. The van der Waals surface area contributed by atoms with Crippen LogP contribution in [0.1, 0.15) is 41.4 Å². The van der Waals surface area contributed by atoms with Gasteiger partial charge in [-0.05, 0) is 19.3 Å². The third kappa shape index (κ3) is 3.75. The molecule has 1 heterocycles. The molecule has 1 aliphatic rings. The van der Waals surface area contributed by atoms with E-state index in [1.54, 1.807) is 14.2 Å². The lowest BCUT2D eigenvalue weighted by Gasteiger charge is -2.16. The minimum absolute atomic E-state index is 0.0985. The van der Waals surface area contributed by atoms with Gasteiger partial charge in [-0.25, -0.2) is 8.42 Å². The van der Waals surface area contributed by atoms with Gasteiger partial charge in [0.25, 0.3) is 15.0 Å². The van der Waals surface area contributed by atoms with Crippen molar-refractivity contribution in [2.75, 3.05) is 27.3 Å². The number of aromatic amines is 1. The Hall–Kier alpha value is -1.12. The molecular weight excluding hydrogens is 318 g/mol. The van der Waals surface area contributed by atoms with E-state index in [2.05, 4.69) is 10.2 Å². The van der Waals surface area contributed by atoms with E-state index < -0.39 is 15.0 Å². The Kier molecular flexibility index (Phi) is 4.90. The summed E-state index contributed by atoms with van der Waals surface area (Å²) in [5, 5.41) is 6.54. The van der Waals surface area contributed by atoms with Gasteiger partial charge in [0.15, 0.2) is 5.69 Å². The number of carbonyl (C=O) groups is 1. The zero-order chi connectivity index (χ0) is 15.6. The van der Waals surface area contributed by atoms with Crippen LogP contribution in [-0.4, -0.2) is 56.7 Å². The highest BCUT2D eigenvalue weighted by atomic mass is 35.7.